The molecule has 0 aromatic carbocycles. The minimum absolute atomic E-state index is 0. The van der Waals surface area contributed by atoms with Gasteiger partial charge in [-0.15, -0.1) is 24.0 Å². The van der Waals surface area contributed by atoms with Crippen molar-refractivity contribution in [1.82, 2.24) is 15.5 Å². The van der Waals surface area contributed by atoms with Crippen LogP contribution in [0.4, 0.5) is 0 Å². The summed E-state index contributed by atoms with van der Waals surface area (Å²) in [6.45, 7) is 10.0. The van der Waals surface area contributed by atoms with Crippen molar-refractivity contribution in [2.24, 2.45) is 4.99 Å². The summed E-state index contributed by atoms with van der Waals surface area (Å²) in [6, 6.07) is 1.47. The Labute approximate surface area is 157 Å². The van der Waals surface area contributed by atoms with Crippen LogP contribution in [0.1, 0.15) is 46.5 Å². The third-order valence-electron chi connectivity index (χ3n) is 4.50. The smallest absolute Gasteiger partial charge is 0.191 e. The lowest BCUT2D eigenvalue weighted by Crippen LogP contribution is -2.46. The first kappa shape index (κ1) is 20.4. The van der Waals surface area contributed by atoms with Crippen LogP contribution in [0.3, 0.4) is 0 Å². The fourth-order valence-corrected chi connectivity index (χ4v) is 4.28. The van der Waals surface area contributed by atoms with Crippen LogP contribution in [0, 0.1) is 0 Å². The molecule has 6 heteroatoms. The molecule has 1 unspecified atom stereocenters. The lowest BCUT2D eigenvalue weighted by molar-refractivity contribution is 0.215. The predicted molar refractivity (Wildman–Crippen MR) is 110 cm³/mol. The van der Waals surface area contributed by atoms with Gasteiger partial charge in [-0.25, -0.2) is 0 Å². The van der Waals surface area contributed by atoms with Crippen molar-refractivity contribution in [2.75, 3.05) is 32.4 Å². The van der Waals surface area contributed by atoms with Gasteiger partial charge in [0.25, 0.3) is 0 Å². The molecule has 4 nitrogen and oxygen atoms in total. The van der Waals surface area contributed by atoms with Crippen LogP contribution in [-0.4, -0.2) is 60.1 Å². The Hall–Kier alpha value is 0.310. The molecule has 2 rings (SSSR count). The van der Waals surface area contributed by atoms with E-state index >= 15 is 0 Å². The second-order valence-electron chi connectivity index (χ2n) is 6.82. The average molecular weight is 440 g/mol. The molecule has 0 spiro atoms. The molecule has 0 bridgehead atoms. The first-order valence-electron chi connectivity index (χ1n) is 8.38. The highest BCUT2D eigenvalue weighted by Crippen LogP contribution is 2.36. The minimum atomic E-state index is 0. The third kappa shape index (κ3) is 6.43. The lowest BCUT2D eigenvalue weighted by atomic mass is 10.1. The highest BCUT2D eigenvalue weighted by Gasteiger charge is 2.31. The molecular weight excluding hydrogens is 407 g/mol. The number of thioether (sulfide) groups is 1. The molecule has 2 aliphatic rings. The number of hydrogen-bond donors (Lipinski definition) is 2. The first-order chi connectivity index (χ1) is 10.0. The Balaban J connectivity index is 0.00000242. The second-order valence-corrected chi connectivity index (χ2v) is 8.50. The number of guanidine groups is 1. The molecule has 1 aliphatic heterocycles. The van der Waals surface area contributed by atoms with Gasteiger partial charge in [0.15, 0.2) is 5.96 Å². The molecule has 130 valence electrons. The van der Waals surface area contributed by atoms with Crippen molar-refractivity contribution >= 4 is 41.7 Å². The predicted octanol–water partition coefficient (Wildman–Crippen LogP) is 2.93. The summed E-state index contributed by atoms with van der Waals surface area (Å²) >= 11 is 2.09. The van der Waals surface area contributed by atoms with E-state index in [1.54, 1.807) is 0 Å². The van der Waals surface area contributed by atoms with Gasteiger partial charge in [-0.1, -0.05) is 0 Å². The largest absolute Gasteiger partial charge is 0.355 e. The topological polar surface area (TPSA) is 39.7 Å². The second kappa shape index (κ2) is 9.57. The summed E-state index contributed by atoms with van der Waals surface area (Å²) in [6.07, 6.45) is 5.41. The van der Waals surface area contributed by atoms with Crippen LogP contribution in [0.25, 0.3) is 0 Å². The van der Waals surface area contributed by atoms with E-state index in [9.17, 15) is 0 Å². The van der Waals surface area contributed by atoms with Crippen LogP contribution in [0.2, 0.25) is 0 Å². The maximum absolute atomic E-state index is 4.35. The fraction of sp³-hybridized carbons (Fsp3) is 0.938. The number of nitrogens with one attached hydrogen (secondary N) is 2. The van der Waals surface area contributed by atoms with Crippen molar-refractivity contribution < 1.29 is 0 Å². The molecule has 2 fully saturated rings. The summed E-state index contributed by atoms with van der Waals surface area (Å²) in [5.41, 5.74) is 0. The monoisotopic (exact) mass is 440 g/mol. The van der Waals surface area contributed by atoms with Gasteiger partial charge in [-0.3, -0.25) is 9.89 Å². The molecule has 0 aromatic heterocycles. The molecule has 1 saturated carbocycles. The maximum atomic E-state index is 4.35. The summed E-state index contributed by atoms with van der Waals surface area (Å²) in [7, 11) is 1.86. The minimum Gasteiger partial charge on any atom is -0.355 e. The Morgan fingerprint density at radius 1 is 1.36 bits per heavy atom. The lowest BCUT2D eigenvalue weighted by Gasteiger charge is -2.27. The fourth-order valence-electron chi connectivity index (χ4n) is 3.04. The van der Waals surface area contributed by atoms with Crippen molar-refractivity contribution in [3.05, 3.63) is 0 Å². The number of aliphatic imine (C=N–C) groups is 1. The Morgan fingerprint density at radius 3 is 2.59 bits per heavy atom. The Kier molecular flexibility index (Phi) is 8.85. The zero-order valence-corrected chi connectivity index (χ0v) is 17.7. The molecule has 0 amide bonds. The Bertz CT molecular complexity index is 350. The summed E-state index contributed by atoms with van der Waals surface area (Å²) in [5, 5.41) is 6.97. The van der Waals surface area contributed by atoms with Gasteiger partial charge in [0.05, 0.1) is 0 Å². The molecular formula is C16H33IN4S. The molecule has 22 heavy (non-hydrogen) atoms. The van der Waals surface area contributed by atoms with Gasteiger partial charge in [0.2, 0.25) is 0 Å². The van der Waals surface area contributed by atoms with Crippen LogP contribution < -0.4 is 10.6 Å². The quantitative estimate of drug-likeness (QED) is 0.363. The Morgan fingerprint density at radius 2 is 2.09 bits per heavy atom. The normalized spacial score (nSPS) is 25.5. The van der Waals surface area contributed by atoms with Gasteiger partial charge >= 0.3 is 0 Å². The molecule has 1 heterocycles. The third-order valence-corrected chi connectivity index (χ3v) is 6.03. The van der Waals surface area contributed by atoms with Crippen molar-refractivity contribution in [1.29, 1.82) is 0 Å². The maximum Gasteiger partial charge on any atom is 0.191 e. The van der Waals surface area contributed by atoms with Crippen molar-refractivity contribution in [3.8, 4) is 0 Å². The summed E-state index contributed by atoms with van der Waals surface area (Å²) in [4.78, 5) is 6.95. The van der Waals surface area contributed by atoms with Crippen LogP contribution in [-0.2, 0) is 0 Å². The van der Waals surface area contributed by atoms with E-state index in [0.29, 0.717) is 10.8 Å². The van der Waals surface area contributed by atoms with Gasteiger partial charge in [-0.05, 0) is 52.2 Å². The molecule has 1 aliphatic carbocycles. The van der Waals surface area contributed by atoms with Crippen molar-refractivity contribution in [3.63, 3.8) is 0 Å². The van der Waals surface area contributed by atoms with Crippen molar-refractivity contribution in [2.45, 2.75) is 63.3 Å². The highest BCUT2D eigenvalue weighted by molar-refractivity contribution is 14.0. The zero-order valence-electron chi connectivity index (χ0n) is 14.5. The summed E-state index contributed by atoms with van der Waals surface area (Å²) < 4.78 is 0.385. The number of rotatable bonds is 7. The first-order valence-corrected chi connectivity index (χ1v) is 9.37. The van der Waals surface area contributed by atoms with E-state index in [-0.39, 0.29) is 24.0 Å². The van der Waals surface area contributed by atoms with Gasteiger partial charge in [0.1, 0.15) is 0 Å². The van der Waals surface area contributed by atoms with Crippen LogP contribution in [0.15, 0.2) is 4.99 Å². The molecule has 1 atom stereocenters. The standard InChI is InChI=1S/C16H32N4S.HI/c1-13(2)20(14-6-7-14)10-9-18-15(17-4)19-12-16(3)8-5-11-21-16;/h13-14H,5-12H2,1-4H3,(H2,17,18,19);1H. The highest BCUT2D eigenvalue weighted by atomic mass is 127. The van der Waals surface area contributed by atoms with Gasteiger partial charge < -0.3 is 10.6 Å². The van der Waals surface area contributed by atoms with E-state index < -0.39 is 0 Å². The number of halogens is 1. The SMILES string of the molecule is CN=C(NCCN(C(C)C)C1CC1)NCC1(C)CCCS1.I. The average Bonchev–Trinajstić information content (AvgIpc) is 3.19. The van der Waals surface area contributed by atoms with E-state index in [2.05, 4.69) is 53.1 Å². The number of nitrogens with zero attached hydrogens (tertiary/aromatic N) is 2. The van der Waals surface area contributed by atoms with Gasteiger partial charge in [-0.2, -0.15) is 11.8 Å². The molecule has 2 N–H and O–H groups in total. The van der Waals surface area contributed by atoms with Crippen LogP contribution in [0.5, 0.6) is 0 Å². The van der Waals surface area contributed by atoms with E-state index in [1.165, 1.54) is 31.4 Å². The van der Waals surface area contributed by atoms with E-state index in [4.69, 9.17) is 0 Å². The molecule has 0 aromatic rings. The number of hydrogen-bond acceptors (Lipinski definition) is 3. The van der Waals surface area contributed by atoms with E-state index in [0.717, 1.165) is 31.6 Å². The zero-order chi connectivity index (χ0) is 15.3. The summed E-state index contributed by atoms with van der Waals surface area (Å²) in [5.74, 6) is 2.25. The molecule has 0 radical (unpaired) electrons. The molecule has 1 saturated heterocycles. The van der Waals surface area contributed by atoms with Crippen LogP contribution >= 0.6 is 35.7 Å². The van der Waals surface area contributed by atoms with Gasteiger partial charge in [0, 0.05) is 43.5 Å². The van der Waals surface area contributed by atoms with E-state index in [1.807, 2.05) is 7.05 Å².